The summed E-state index contributed by atoms with van der Waals surface area (Å²) in [5.41, 5.74) is 2.34. The summed E-state index contributed by atoms with van der Waals surface area (Å²) in [6, 6.07) is 0. The number of Topliss-reactive ketones (excluding diaryl/α,β-unsaturated/α-hetero) is 1. The molecule has 0 aromatic carbocycles. The van der Waals surface area contributed by atoms with E-state index in [1.54, 1.807) is 25.0 Å². The molecule has 0 saturated carbocycles. The average molecular weight is 326 g/mol. The van der Waals surface area contributed by atoms with Crippen LogP contribution in [0.1, 0.15) is 47.5 Å². The Hall–Kier alpha value is -1.27. The second-order valence-corrected chi connectivity index (χ2v) is 6.92. The maximum atomic E-state index is 12.5. The minimum Gasteiger partial charge on any atom is -0.334 e. The van der Waals surface area contributed by atoms with Crippen LogP contribution in [0, 0.1) is 5.92 Å². The van der Waals surface area contributed by atoms with Gasteiger partial charge in [-0.3, -0.25) is 25.0 Å². The molecule has 0 aromatic heterocycles. The predicted octanol–water partition coefficient (Wildman–Crippen LogP) is 1.76. The molecule has 0 spiro atoms. The Morgan fingerprint density at radius 3 is 2.35 bits per heavy atom. The molecule has 0 rings (SSSR count). The van der Waals surface area contributed by atoms with Crippen LogP contribution in [-0.4, -0.2) is 67.1 Å². The predicted molar refractivity (Wildman–Crippen MR) is 95.6 cm³/mol. The highest BCUT2D eigenvalue weighted by atomic mass is 16.2. The van der Waals surface area contributed by atoms with Gasteiger partial charge in [-0.05, 0) is 32.4 Å². The van der Waals surface area contributed by atoms with Crippen LogP contribution in [0.25, 0.3) is 0 Å². The summed E-state index contributed by atoms with van der Waals surface area (Å²) < 4.78 is 0. The lowest BCUT2D eigenvalue weighted by Crippen LogP contribution is -2.46. The summed E-state index contributed by atoms with van der Waals surface area (Å²) in [6.07, 6.45) is 3.00. The van der Waals surface area contributed by atoms with Crippen LogP contribution in [0.5, 0.6) is 0 Å². The molecule has 0 heterocycles. The van der Waals surface area contributed by atoms with Gasteiger partial charge in [0.15, 0.2) is 5.78 Å². The molecule has 1 N–H and O–H groups in total. The van der Waals surface area contributed by atoms with Crippen molar-refractivity contribution in [1.29, 1.82) is 0 Å². The van der Waals surface area contributed by atoms with E-state index in [-0.39, 0.29) is 24.2 Å². The van der Waals surface area contributed by atoms with E-state index in [2.05, 4.69) is 10.4 Å². The van der Waals surface area contributed by atoms with Crippen molar-refractivity contribution < 1.29 is 9.59 Å². The molecule has 0 bridgehead atoms. The molecule has 0 radical (unpaired) electrons. The van der Waals surface area contributed by atoms with Crippen molar-refractivity contribution in [3.8, 4) is 0 Å². The zero-order valence-corrected chi connectivity index (χ0v) is 15.8. The fourth-order valence-electron chi connectivity index (χ4n) is 1.94. The fourth-order valence-corrected chi connectivity index (χ4v) is 1.94. The van der Waals surface area contributed by atoms with Crippen molar-refractivity contribution in [2.24, 2.45) is 10.9 Å². The lowest BCUT2D eigenvalue weighted by atomic mass is 9.99. The van der Waals surface area contributed by atoms with Crippen molar-refractivity contribution in [1.82, 2.24) is 15.3 Å². The smallest absolute Gasteiger partial charge is 0.223 e. The molecule has 6 nitrogen and oxygen atoms in total. The molecular formula is C17H34N4O2. The third-order valence-corrected chi connectivity index (χ3v) is 3.36. The van der Waals surface area contributed by atoms with Gasteiger partial charge in [0.05, 0.1) is 6.54 Å². The Kier molecular flexibility index (Phi) is 9.91. The number of nitrogens with one attached hydrogen (secondary N) is 1. The van der Waals surface area contributed by atoms with E-state index in [0.717, 1.165) is 6.42 Å². The summed E-state index contributed by atoms with van der Waals surface area (Å²) in [7, 11) is 3.79. The quantitative estimate of drug-likeness (QED) is 0.464. The second-order valence-electron chi connectivity index (χ2n) is 6.92. The van der Waals surface area contributed by atoms with Crippen molar-refractivity contribution in [2.75, 3.05) is 33.7 Å². The minimum atomic E-state index is -0.790. The summed E-state index contributed by atoms with van der Waals surface area (Å²) in [4.78, 5) is 30.9. The number of hydrogen-bond acceptors (Lipinski definition) is 5. The molecule has 0 aliphatic heterocycles. The average Bonchev–Trinajstić information content (AvgIpc) is 2.42. The van der Waals surface area contributed by atoms with E-state index in [1.807, 2.05) is 39.9 Å². The van der Waals surface area contributed by atoms with Gasteiger partial charge in [-0.2, -0.15) is 0 Å². The molecular weight excluding hydrogens is 292 g/mol. The number of carbonyl (C=O) groups is 2. The monoisotopic (exact) mass is 326 g/mol. The van der Waals surface area contributed by atoms with Crippen molar-refractivity contribution >= 4 is 17.9 Å². The summed E-state index contributed by atoms with van der Waals surface area (Å²) in [5, 5.41) is 1.84. The molecule has 23 heavy (non-hydrogen) atoms. The van der Waals surface area contributed by atoms with Crippen LogP contribution in [0.15, 0.2) is 4.99 Å². The van der Waals surface area contributed by atoms with Crippen LogP contribution in [-0.2, 0) is 9.59 Å². The largest absolute Gasteiger partial charge is 0.334 e. The molecule has 1 amide bonds. The van der Waals surface area contributed by atoms with Gasteiger partial charge in [0.25, 0.3) is 0 Å². The first kappa shape index (κ1) is 21.7. The summed E-state index contributed by atoms with van der Waals surface area (Å²) in [5.74, 6) is 0.251. The van der Waals surface area contributed by atoms with Crippen LogP contribution in [0.2, 0.25) is 0 Å². The Morgan fingerprint density at radius 2 is 1.87 bits per heavy atom. The van der Waals surface area contributed by atoms with E-state index in [0.29, 0.717) is 19.5 Å². The molecule has 0 aliphatic carbocycles. The van der Waals surface area contributed by atoms with Crippen molar-refractivity contribution in [3.63, 3.8) is 0 Å². The van der Waals surface area contributed by atoms with Crippen LogP contribution in [0.3, 0.4) is 0 Å². The van der Waals surface area contributed by atoms with Gasteiger partial charge < -0.3 is 4.90 Å². The van der Waals surface area contributed by atoms with E-state index in [4.69, 9.17) is 0 Å². The van der Waals surface area contributed by atoms with E-state index < -0.39 is 5.54 Å². The zero-order chi connectivity index (χ0) is 18.0. The highest BCUT2D eigenvalue weighted by Crippen LogP contribution is 2.13. The molecule has 6 heteroatoms. The highest BCUT2D eigenvalue weighted by molar-refractivity contribution is 5.93. The van der Waals surface area contributed by atoms with Gasteiger partial charge in [0, 0.05) is 33.6 Å². The molecule has 134 valence electrons. The third kappa shape index (κ3) is 9.46. The maximum Gasteiger partial charge on any atom is 0.223 e. The summed E-state index contributed by atoms with van der Waals surface area (Å²) >= 11 is 0. The van der Waals surface area contributed by atoms with Gasteiger partial charge in [0.2, 0.25) is 5.91 Å². The number of amides is 1. The Balaban J connectivity index is 4.87. The number of hydrazine groups is 1. The van der Waals surface area contributed by atoms with Gasteiger partial charge in [-0.25, -0.2) is 0 Å². The summed E-state index contributed by atoms with van der Waals surface area (Å²) in [6.45, 7) is 10.8. The number of hydrogen-bond donors (Lipinski definition) is 1. The molecule has 0 aliphatic rings. The number of rotatable bonds is 11. The highest BCUT2D eigenvalue weighted by Gasteiger charge is 2.29. The zero-order valence-electron chi connectivity index (χ0n) is 15.8. The molecule has 0 aromatic rings. The van der Waals surface area contributed by atoms with Crippen molar-refractivity contribution in [3.05, 3.63) is 0 Å². The number of nitrogens with zero attached hydrogens (tertiary/aromatic N) is 3. The Bertz CT molecular complexity index is 403. The van der Waals surface area contributed by atoms with Gasteiger partial charge in [-0.1, -0.05) is 20.8 Å². The van der Waals surface area contributed by atoms with Crippen molar-refractivity contribution in [2.45, 2.75) is 53.0 Å². The molecule has 0 unspecified atom stereocenters. The fraction of sp³-hybridized carbons (Fsp3) is 0.824. The first-order valence-electron chi connectivity index (χ1n) is 8.35. The molecule has 0 atom stereocenters. The van der Waals surface area contributed by atoms with Gasteiger partial charge >= 0.3 is 0 Å². The topological polar surface area (TPSA) is 65.0 Å². The lowest BCUT2D eigenvalue weighted by molar-refractivity contribution is -0.137. The molecule has 0 fully saturated rings. The Labute approximate surface area is 141 Å². The third-order valence-electron chi connectivity index (χ3n) is 3.36. The first-order chi connectivity index (χ1) is 10.6. The second kappa shape index (κ2) is 10.5. The van der Waals surface area contributed by atoms with E-state index in [9.17, 15) is 9.59 Å². The normalized spacial score (nSPS) is 12.4. The SMILES string of the molecule is CCC=NC(C)(C)C(=O)CN(CCNN(C)C)C(=O)CC(C)C. The van der Waals surface area contributed by atoms with Crippen LogP contribution in [0.4, 0.5) is 0 Å². The van der Waals surface area contributed by atoms with Crippen LogP contribution >= 0.6 is 0 Å². The number of aliphatic imine (C=N–C) groups is 1. The minimum absolute atomic E-state index is 0.0178. The number of ketones is 1. The van der Waals surface area contributed by atoms with Gasteiger partial charge in [-0.15, -0.1) is 0 Å². The van der Waals surface area contributed by atoms with E-state index in [1.165, 1.54) is 0 Å². The Morgan fingerprint density at radius 1 is 1.26 bits per heavy atom. The maximum absolute atomic E-state index is 12.5. The molecule has 0 saturated heterocycles. The standard InChI is InChI=1S/C17H34N4O2/c1-8-9-18-17(4,5)15(22)13-21(11-10-19-20(6)7)16(23)12-14(2)3/h9,14,19H,8,10-13H2,1-7H3. The lowest BCUT2D eigenvalue weighted by Gasteiger charge is -2.27. The van der Waals surface area contributed by atoms with Gasteiger partial charge in [0.1, 0.15) is 5.54 Å². The number of carbonyl (C=O) groups excluding carboxylic acids is 2. The van der Waals surface area contributed by atoms with E-state index >= 15 is 0 Å². The van der Waals surface area contributed by atoms with Crippen LogP contribution < -0.4 is 5.43 Å². The first-order valence-corrected chi connectivity index (χ1v) is 8.35.